The van der Waals surface area contributed by atoms with E-state index in [0.717, 1.165) is 24.2 Å². The van der Waals surface area contributed by atoms with Crippen LogP contribution in [0.1, 0.15) is 12.0 Å². The van der Waals surface area contributed by atoms with Crippen molar-refractivity contribution in [1.82, 2.24) is 5.32 Å². The number of nitrogens with two attached hydrogens (primary N) is 1. The summed E-state index contributed by atoms with van der Waals surface area (Å²) in [6.07, 6.45) is 0.794. The minimum Gasteiger partial charge on any atom is -0.360 e. The van der Waals surface area contributed by atoms with Crippen LogP contribution in [0.2, 0.25) is 5.02 Å². The summed E-state index contributed by atoms with van der Waals surface area (Å²) < 4.78 is 0. The van der Waals surface area contributed by atoms with Gasteiger partial charge in [-0.1, -0.05) is 17.7 Å². The highest BCUT2D eigenvalue weighted by molar-refractivity contribution is 6.30. The van der Waals surface area contributed by atoms with E-state index in [-0.39, 0.29) is 11.9 Å². The molecule has 2 rings (SSSR count). The van der Waals surface area contributed by atoms with Crippen LogP contribution in [0.25, 0.3) is 0 Å². The number of nitrogens with zero attached hydrogens (tertiary/aromatic N) is 1. The zero-order valence-corrected chi connectivity index (χ0v) is 11.2. The summed E-state index contributed by atoms with van der Waals surface area (Å²) in [4.78, 5) is 13.8. The van der Waals surface area contributed by atoms with Crippen molar-refractivity contribution in [2.24, 2.45) is 5.73 Å². The van der Waals surface area contributed by atoms with Crippen molar-refractivity contribution in [2.75, 3.05) is 24.5 Å². The standard InChI is InChI=1S/C13H18ClN3O/c1-9-2-3-10(14)6-12(9)17-7-11(4-5-15)16-13(18)8-17/h2-3,6,11H,4-5,7-8,15H2,1H3,(H,16,18). The molecule has 1 fully saturated rings. The molecule has 0 radical (unpaired) electrons. The quantitative estimate of drug-likeness (QED) is 0.868. The molecule has 5 heteroatoms. The lowest BCUT2D eigenvalue weighted by Gasteiger charge is -2.35. The first kappa shape index (κ1) is 13.2. The minimum absolute atomic E-state index is 0.0408. The van der Waals surface area contributed by atoms with Gasteiger partial charge in [0.15, 0.2) is 0 Å². The molecule has 4 nitrogen and oxygen atoms in total. The van der Waals surface area contributed by atoms with Crippen LogP contribution in [0.4, 0.5) is 5.69 Å². The average molecular weight is 268 g/mol. The Bertz CT molecular complexity index is 450. The molecule has 1 unspecified atom stereocenters. The molecule has 1 saturated heterocycles. The van der Waals surface area contributed by atoms with Crippen LogP contribution in [-0.4, -0.2) is 31.6 Å². The topological polar surface area (TPSA) is 58.4 Å². The van der Waals surface area contributed by atoms with Gasteiger partial charge >= 0.3 is 0 Å². The van der Waals surface area contributed by atoms with Gasteiger partial charge in [-0.25, -0.2) is 0 Å². The van der Waals surface area contributed by atoms with Gasteiger partial charge in [-0.3, -0.25) is 4.79 Å². The van der Waals surface area contributed by atoms with Crippen molar-refractivity contribution in [2.45, 2.75) is 19.4 Å². The predicted octanol–water partition coefficient (Wildman–Crippen LogP) is 1.30. The molecule has 1 amide bonds. The zero-order chi connectivity index (χ0) is 13.1. The van der Waals surface area contributed by atoms with E-state index in [0.29, 0.717) is 18.1 Å². The number of carbonyl (C=O) groups excluding carboxylic acids is 1. The number of rotatable bonds is 3. The van der Waals surface area contributed by atoms with Crippen molar-refractivity contribution < 1.29 is 4.79 Å². The molecule has 1 aromatic rings. The van der Waals surface area contributed by atoms with Crippen molar-refractivity contribution in [3.63, 3.8) is 0 Å². The summed E-state index contributed by atoms with van der Waals surface area (Å²) in [5.74, 6) is 0.0408. The van der Waals surface area contributed by atoms with E-state index in [9.17, 15) is 4.79 Å². The lowest BCUT2D eigenvalue weighted by molar-refractivity contribution is -0.121. The fourth-order valence-corrected chi connectivity index (χ4v) is 2.46. The van der Waals surface area contributed by atoms with Crippen molar-refractivity contribution in [3.8, 4) is 0 Å². The second-order valence-corrected chi connectivity index (χ2v) is 5.09. The van der Waals surface area contributed by atoms with E-state index in [1.807, 2.05) is 25.1 Å². The van der Waals surface area contributed by atoms with Gasteiger partial charge in [-0.15, -0.1) is 0 Å². The lowest BCUT2D eigenvalue weighted by Crippen LogP contribution is -2.54. The summed E-state index contributed by atoms with van der Waals surface area (Å²) >= 11 is 6.02. The number of amides is 1. The zero-order valence-electron chi connectivity index (χ0n) is 10.4. The average Bonchev–Trinajstić information content (AvgIpc) is 2.32. The smallest absolute Gasteiger partial charge is 0.239 e. The molecular formula is C13H18ClN3O. The van der Waals surface area contributed by atoms with Crippen LogP contribution in [0, 0.1) is 6.92 Å². The maximum Gasteiger partial charge on any atom is 0.239 e. The van der Waals surface area contributed by atoms with Gasteiger partial charge in [0.1, 0.15) is 0 Å². The number of benzene rings is 1. The second kappa shape index (κ2) is 5.59. The van der Waals surface area contributed by atoms with Crippen molar-refractivity contribution >= 4 is 23.2 Å². The number of hydrogen-bond acceptors (Lipinski definition) is 3. The van der Waals surface area contributed by atoms with Gasteiger partial charge in [0, 0.05) is 23.3 Å². The summed E-state index contributed by atoms with van der Waals surface area (Å²) in [5.41, 5.74) is 7.70. The third-order valence-corrected chi connectivity index (χ3v) is 3.40. The van der Waals surface area contributed by atoms with Gasteiger partial charge < -0.3 is 16.0 Å². The largest absolute Gasteiger partial charge is 0.360 e. The highest BCUT2D eigenvalue weighted by Crippen LogP contribution is 2.25. The number of anilines is 1. The Morgan fingerprint density at radius 1 is 1.56 bits per heavy atom. The van der Waals surface area contributed by atoms with Crippen molar-refractivity contribution in [1.29, 1.82) is 0 Å². The van der Waals surface area contributed by atoms with Gasteiger partial charge in [-0.2, -0.15) is 0 Å². The number of aryl methyl sites for hydroxylation is 1. The first-order valence-electron chi connectivity index (χ1n) is 6.10. The monoisotopic (exact) mass is 267 g/mol. The van der Waals surface area contributed by atoms with E-state index in [1.165, 1.54) is 0 Å². The first-order chi connectivity index (χ1) is 8.60. The fraction of sp³-hybridized carbons (Fsp3) is 0.462. The Hall–Kier alpha value is -1.26. The highest BCUT2D eigenvalue weighted by Gasteiger charge is 2.25. The Kier molecular flexibility index (Phi) is 4.09. The molecule has 0 bridgehead atoms. The molecular weight excluding hydrogens is 250 g/mol. The SMILES string of the molecule is Cc1ccc(Cl)cc1N1CC(=O)NC(CCN)C1. The van der Waals surface area contributed by atoms with E-state index in [2.05, 4.69) is 10.2 Å². The molecule has 0 spiro atoms. The summed E-state index contributed by atoms with van der Waals surface area (Å²) in [6, 6.07) is 5.87. The van der Waals surface area contributed by atoms with E-state index >= 15 is 0 Å². The van der Waals surface area contributed by atoms with E-state index in [1.54, 1.807) is 0 Å². The Labute approximate surface area is 112 Å². The number of halogens is 1. The number of nitrogens with one attached hydrogen (secondary N) is 1. The van der Waals surface area contributed by atoms with Crippen LogP contribution in [-0.2, 0) is 4.79 Å². The molecule has 0 saturated carbocycles. The van der Waals surface area contributed by atoms with Crippen LogP contribution < -0.4 is 16.0 Å². The summed E-state index contributed by atoms with van der Waals surface area (Å²) in [5, 5.41) is 3.65. The fourth-order valence-electron chi connectivity index (χ4n) is 2.29. The Balaban J connectivity index is 2.21. The molecule has 0 aromatic heterocycles. The van der Waals surface area contributed by atoms with Gasteiger partial charge in [0.25, 0.3) is 0 Å². The molecule has 1 aliphatic heterocycles. The summed E-state index contributed by atoms with van der Waals surface area (Å²) in [7, 11) is 0. The Morgan fingerprint density at radius 3 is 3.06 bits per heavy atom. The minimum atomic E-state index is 0.0408. The summed E-state index contributed by atoms with van der Waals surface area (Å²) in [6.45, 7) is 3.76. The third kappa shape index (κ3) is 2.94. The number of carbonyl (C=O) groups is 1. The third-order valence-electron chi connectivity index (χ3n) is 3.17. The highest BCUT2D eigenvalue weighted by atomic mass is 35.5. The van der Waals surface area contributed by atoms with Crippen LogP contribution in [0.3, 0.4) is 0 Å². The second-order valence-electron chi connectivity index (χ2n) is 4.65. The number of hydrogen-bond donors (Lipinski definition) is 2. The molecule has 1 heterocycles. The molecule has 1 atom stereocenters. The molecule has 1 aliphatic rings. The van der Waals surface area contributed by atoms with Crippen LogP contribution >= 0.6 is 11.6 Å². The maximum absolute atomic E-state index is 11.7. The predicted molar refractivity (Wildman–Crippen MR) is 74.0 cm³/mol. The number of piperazine rings is 1. The normalized spacial score (nSPS) is 19.8. The van der Waals surface area contributed by atoms with Gasteiger partial charge in [0.2, 0.25) is 5.91 Å². The van der Waals surface area contributed by atoms with Crippen molar-refractivity contribution in [3.05, 3.63) is 28.8 Å². The molecule has 1 aromatic carbocycles. The van der Waals surface area contributed by atoms with Crippen LogP contribution in [0.15, 0.2) is 18.2 Å². The molecule has 18 heavy (non-hydrogen) atoms. The van der Waals surface area contributed by atoms with Gasteiger partial charge in [-0.05, 0) is 37.6 Å². The van der Waals surface area contributed by atoms with Crippen LogP contribution in [0.5, 0.6) is 0 Å². The van der Waals surface area contributed by atoms with E-state index in [4.69, 9.17) is 17.3 Å². The van der Waals surface area contributed by atoms with Gasteiger partial charge in [0.05, 0.1) is 6.54 Å². The maximum atomic E-state index is 11.7. The molecule has 0 aliphatic carbocycles. The Morgan fingerprint density at radius 2 is 2.33 bits per heavy atom. The molecule has 98 valence electrons. The lowest BCUT2D eigenvalue weighted by atomic mass is 10.1. The molecule has 3 N–H and O–H groups in total. The first-order valence-corrected chi connectivity index (χ1v) is 6.48. The van der Waals surface area contributed by atoms with E-state index < -0.39 is 0 Å².